The van der Waals surface area contributed by atoms with Crippen LogP contribution in [0.25, 0.3) is 6.08 Å². The van der Waals surface area contributed by atoms with Gasteiger partial charge in [0.15, 0.2) is 36.1 Å². The monoisotopic (exact) mass is 406 g/mol. The number of aromatic hydroxyl groups is 1. The summed E-state index contributed by atoms with van der Waals surface area (Å²) in [4.78, 5) is 13.5. The molecule has 0 radical (unpaired) electrons. The number of para-hydroxylation sites is 1. The lowest BCUT2D eigenvalue weighted by molar-refractivity contribution is -0.899. The fourth-order valence-corrected chi connectivity index (χ4v) is 3.30. The highest BCUT2D eigenvalue weighted by Crippen LogP contribution is 2.40. The van der Waals surface area contributed by atoms with E-state index in [1.54, 1.807) is 24.3 Å². The summed E-state index contributed by atoms with van der Waals surface area (Å²) in [6.07, 6.45) is 1.56. The Labute approximate surface area is 173 Å². The van der Waals surface area contributed by atoms with Crippen LogP contribution in [0.2, 0.25) is 0 Å². The van der Waals surface area contributed by atoms with Crippen molar-refractivity contribution >= 4 is 11.9 Å². The number of nitriles is 2. The number of Topliss-reactive ketones (excluding diaryl/α,β-unsaturated/α-hetero) is 1. The summed E-state index contributed by atoms with van der Waals surface area (Å²) < 4.78 is 16.5. The highest BCUT2D eigenvalue weighted by atomic mass is 16.5. The van der Waals surface area contributed by atoms with Gasteiger partial charge in [0.1, 0.15) is 24.4 Å². The minimum Gasteiger partial charge on any atom is -0.507 e. The average molecular weight is 406 g/mol. The smallest absolute Gasteiger partial charge is 0.231 e. The Balaban J connectivity index is 2.00. The number of ether oxygens (including phenoxy) is 3. The van der Waals surface area contributed by atoms with Crippen molar-refractivity contribution < 1.29 is 29.0 Å². The van der Waals surface area contributed by atoms with E-state index < -0.39 is 0 Å². The van der Waals surface area contributed by atoms with E-state index in [0.717, 1.165) is 0 Å². The van der Waals surface area contributed by atoms with Crippen LogP contribution in [0, 0.1) is 22.7 Å². The zero-order valence-electron chi connectivity index (χ0n) is 16.6. The fourth-order valence-electron chi connectivity index (χ4n) is 3.30. The molecule has 0 saturated heterocycles. The summed E-state index contributed by atoms with van der Waals surface area (Å²) in [5, 5.41) is 28.3. The van der Waals surface area contributed by atoms with E-state index in [-0.39, 0.29) is 42.7 Å². The van der Waals surface area contributed by atoms with Crippen LogP contribution in [-0.2, 0) is 6.54 Å². The predicted octanol–water partition coefficient (Wildman–Crippen LogP) is 1.46. The van der Waals surface area contributed by atoms with Gasteiger partial charge in [-0.15, -0.1) is 0 Å². The number of carbonyl (C=O) groups excluding carboxylic acids is 1. The maximum atomic E-state index is 12.9. The summed E-state index contributed by atoms with van der Waals surface area (Å²) >= 11 is 0. The number of carbonyl (C=O) groups is 1. The lowest BCUT2D eigenvalue weighted by Gasteiger charge is -2.15. The summed E-state index contributed by atoms with van der Waals surface area (Å²) in [7, 11) is 3.03. The van der Waals surface area contributed by atoms with Crippen LogP contribution in [0.5, 0.6) is 23.0 Å². The van der Waals surface area contributed by atoms with Crippen molar-refractivity contribution in [3.05, 3.63) is 52.8 Å². The van der Waals surface area contributed by atoms with E-state index in [1.807, 2.05) is 12.1 Å². The van der Waals surface area contributed by atoms with Crippen LogP contribution in [0.4, 0.5) is 0 Å². The average Bonchev–Trinajstić information content (AvgIpc) is 3.05. The fraction of sp³-hybridized carbons (Fsp3) is 0.227. The maximum Gasteiger partial charge on any atom is 0.231 e. The van der Waals surface area contributed by atoms with E-state index in [4.69, 9.17) is 24.7 Å². The number of quaternary nitrogens is 1. The number of methoxy groups -OCH3 is 2. The van der Waals surface area contributed by atoms with Crippen molar-refractivity contribution in [2.24, 2.45) is 0 Å². The molecule has 8 nitrogen and oxygen atoms in total. The first-order valence-electron chi connectivity index (χ1n) is 9.11. The third-order valence-electron chi connectivity index (χ3n) is 4.72. The Morgan fingerprint density at radius 3 is 2.50 bits per heavy atom. The number of allylic oxidation sites excluding steroid dienone is 1. The maximum absolute atomic E-state index is 12.9. The lowest BCUT2D eigenvalue weighted by Crippen LogP contribution is -3.10. The number of benzene rings is 2. The van der Waals surface area contributed by atoms with Gasteiger partial charge in [-0.2, -0.15) is 10.5 Å². The van der Waals surface area contributed by atoms with Crippen LogP contribution in [-0.4, -0.2) is 38.2 Å². The number of hydrogen-bond donors (Lipinski definition) is 2. The van der Waals surface area contributed by atoms with Crippen molar-refractivity contribution in [1.82, 2.24) is 0 Å². The second kappa shape index (κ2) is 8.99. The molecule has 0 aliphatic carbocycles. The molecule has 152 valence electrons. The summed E-state index contributed by atoms with van der Waals surface area (Å²) in [6, 6.07) is 12.2. The van der Waals surface area contributed by atoms with E-state index in [0.29, 0.717) is 33.1 Å². The Morgan fingerprint density at radius 2 is 1.87 bits per heavy atom. The molecule has 0 unspecified atom stereocenters. The largest absolute Gasteiger partial charge is 0.507 e. The molecule has 0 atom stereocenters. The zero-order valence-corrected chi connectivity index (χ0v) is 16.6. The molecule has 30 heavy (non-hydrogen) atoms. The van der Waals surface area contributed by atoms with E-state index in [9.17, 15) is 9.90 Å². The van der Waals surface area contributed by atoms with Crippen molar-refractivity contribution in [3.8, 4) is 35.1 Å². The summed E-state index contributed by atoms with van der Waals surface area (Å²) in [5.74, 6) is 0.891. The van der Waals surface area contributed by atoms with Crippen molar-refractivity contribution in [2.45, 2.75) is 6.54 Å². The molecule has 2 aromatic rings. The first kappa shape index (κ1) is 20.7. The Bertz CT molecular complexity index is 1080. The minimum absolute atomic E-state index is 0.0601. The van der Waals surface area contributed by atoms with Gasteiger partial charge in [0, 0.05) is 5.56 Å². The zero-order chi connectivity index (χ0) is 21.7. The van der Waals surface area contributed by atoms with E-state index in [2.05, 4.69) is 0 Å². The second-order valence-electron chi connectivity index (χ2n) is 6.56. The Morgan fingerprint density at radius 1 is 1.13 bits per heavy atom. The van der Waals surface area contributed by atoms with Crippen molar-refractivity contribution in [1.29, 1.82) is 10.5 Å². The third kappa shape index (κ3) is 3.90. The molecule has 1 heterocycles. The number of hydrogen-bond acceptors (Lipinski definition) is 7. The molecule has 0 spiro atoms. The molecule has 1 aliphatic heterocycles. The van der Waals surface area contributed by atoms with Gasteiger partial charge in [0.2, 0.25) is 5.78 Å². The molecular weight excluding hydrogens is 386 g/mol. The van der Waals surface area contributed by atoms with Crippen LogP contribution in [0.3, 0.4) is 0 Å². The van der Waals surface area contributed by atoms with Gasteiger partial charge in [-0.25, -0.2) is 0 Å². The topological polar surface area (TPSA) is 117 Å². The van der Waals surface area contributed by atoms with Gasteiger partial charge in [-0.1, -0.05) is 12.1 Å². The molecule has 3 rings (SSSR count). The SMILES string of the molecule is COc1cccc(/C=C2\Oc3c(ccc(O)c3C[NH+](CC#N)CC#N)C2=O)c1OC. The minimum atomic E-state index is -0.335. The lowest BCUT2D eigenvalue weighted by atomic mass is 10.0. The molecule has 2 N–H and O–H groups in total. The Hall–Kier alpha value is -4.01. The van der Waals surface area contributed by atoms with Crippen molar-refractivity contribution in [2.75, 3.05) is 27.3 Å². The Kier molecular flexibility index (Phi) is 6.21. The van der Waals surface area contributed by atoms with Gasteiger partial charge < -0.3 is 24.2 Å². The van der Waals surface area contributed by atoms with Gasteiger partial charge in [0.25, 0.3) is 0 Å². The van der Waals surface area contributed by atoms with E-state index in [1.165, 1.54) is 26.4 Å². The number of rotatable bonds is 7. The molecule has 0 fully saturated rings. The molecule has 8 heteroatoms. The molecule has 1 aliphatic rings. The number of ketones is 1. The van der Waals surface area contributed by atoms with E-state index >= 15 is 0 Å². The first-order chi connectivity index (χ1) is 14.5. The van der Waals surface area contributed by atoms with Crippen LogP contribution >= 0.6 is 0 Å². The highest BCUT2D eigenvalue weighted by Gasteiger charge is 2.33. The number of fused-ring (bicyclic) bond motifs is 1. The molecule has 0 bridgehead atoms. The highest BCUT2D eigenvalue weighted by molar-refractivity contribution is 6.15. The second-order valence-corrected chi connectivity index (χ2v) is 6.56. The number of phenolic OH excluding ortho intramolecular Hbond substituents is 1. The van der Waals surface area contributed by atoms with Gasteiger partial charge in [-0.3, -0.25) is 4.79 Å². The molecule has 0 saturated carbocycles. The molecular formula is C22H20N3O5+. The van der Waals surface area contributed by atoms with Crippen molar-refractivity contribution in [3.63, 3.8) is 0 Å². The number of nitrogens with zero attached hydrogens (tertiary/aromatic N) is 2. The number of phenols is 1. The normalized spacial score (nSPS) is 13.5. The third-order valence-corrected chi connectivity index (χ3v) is 4.72. The molecule has 0 amide bonds. The predicted molar refractivity (Wildman–Crippen MR) is 106 cm³/mol. The van der Waals surface area contributed by atoms with Gasteiger partial charge in [0.05, 0.1) is 25.3 Å². The van der Waals surface area contributed by atoms with Crippen LogP contribution in [0.1, 0.15) is 21.5 Å². The van der Waals surface area contributed by atoms with Crippen LogP contribution < -0.4 is 19.1 Å². The number of nitrogens with one attached hydrogen (secondary N) is 1. The molecule has 0 aromatic heterocycles. The standard InChI is InChI=1S/C22H19N3O5/c1-28-18-5-3-4-14(21(18)29-2)12-19-20(27)15-6-7-17(26)16(22(15)30-19)13-25(10-8-23)11-9-24/h3-7,12,26H,10-11,13H2,1-2H3/p+1/b19-12-. The molecule has 2 aromatic carbocycles. The van der Waals surface area contributed by atoms with Crippen LogP contribution in [0.15, 0.2) is 36.1 Å². The first-order valence-corrected chi connectivity index (χ1v) is 9.11. The summed E-state index contributed by atoms with van der Waals surface area (Å²) in [6.45, 7) is 0.321. The van der Waals surface area contributed by atoms with Gasteiger partial charge >= 0.3 is 0 Å². The van der Waals surface area contributed by atoms with Gasteiger partial charge in [-0.05, 0) is 24.3 Å². The quantitative estimate of drug-likeness (QED) is 0.528. The summed E-state index contributed by atoms with van der Waals surface area (Å²) in [5.41, 5.74) is 1.28.